The van der Waals surface area contributed by atoms with Crippen molar-refractivity contribution in [1.29, 1.82) is 0 Å². The summed E-state index contributed by atoms with van der Waals surface area (Å²) in [6, 6.07) is 5.13. The van der Waals surface area contributed by atoms with Gasteiger partial charge in [-0.3, -0.25) is 9.48 Å². The van der Waals surface area contributed by atoms with Crippen LogP contribution in [0, 0.1) is 0 Å². The third-order valence-electron chi connectivity index (χ3n) is 3.51. The van der Waals surface area contributed by atoms with Crippen molar-refractivity contribution in [3.8, 4) is 17.1 Å². The number of carbonyl (C=O) groups excluding carboxylic acids is 1. The van der Waals surface area contributed by atoms with Crippen LogP contribution in [0.3, 0.4) is 0 Å². The van der Waals surface area contributed by atoms with Gasteiger partial charge in [0.05, 0.1) is 12.1 Å². The van der Waals surface area contributed by atoms with E-state index in [2.05, 4.69) is 20.4 Å². The molecule has 8 nitrogen and oxygen atoms in total. The summed E-state index contributed by atoms with van der Waals surface area (Å²) in [4.78, 5) is 20.2. The number of hydrogen-bond donors (Lipinski definition) is 1. The van der Waals surface area contributed by atoms with Crippen LogP contribution in [0.15, 0.2) is 41.7 Å². The molecule has 0 aliphatic rings. The lowest BCUT2D eigenvalue weighted by Gasteiger charge is -2.06. The van der Waals surface area contributed by atoms with Gasteiger partial charge in [0.25, 0.3) is 5.91 Å². The zero-order valence-electron chi connectivity index (χ0n) is 13.5. The Labute approximate surface area is 148 Å². The summed E-state index contributed by atoms with van der Waals surface area (Å²) in [5.41, 5.74) is 0.859. The zero-order chi connectivity index (χ0) is 17.6. The largest absolute Gasteiger partial charge is 0.495 e. The lowest BCUT2D eigenvalue weighted by molar-refractivity contribution is 0.0948. The van der Waals surface area contributed by atoms with Crippen molar-refractivity contribution in [2.24, 2.45) is 0 Å². The first-order valence-corrected chi connectivity index (χ1v) is 7.95. The molecule has 0 saturated heterocycles. The summed E-state index contributed by atoms with van der Waals surface area (Å²) in [7, 11) is 1.54. The first kappa shape index (κ1) is 17.0. The minimum Gasteiger partial charge on any atom is -0.495 e. The Bertz CT molecular complexity index is 847. The molecule has 3 aromatic rings. The highest BCUT2D eigenvalue weighted by atomic mass is 35.5. The fourth-order valence-electron chi connectivity index (χ4n) is 2.30. The number of rotatable bonds is 7. The molecule has 2 aromatic heterocycles. The number of methoxy groups -OCH3 is 1. The van der Waals surface area contributed by atoms with E-state index >= 15 is 0 Å². The number of carbonyl (C=O) groups is 1. The average molecular weight is 361 g/mol. The second-order valence-electron chi connectivity index (χ2n) is 5.15. The Balaban J connectivity index is 1.64. The molecule has 0 fully saturated rings. The van der Waals surface area contributed by atoms with E-state index in [-0.39, 0.29) is 11.6 Å². The van der Waals surface area contributed by atoms with Gasteiger partial charge in [0.1, 0.15) is 18.4 Å². The normalized spacial score (nSPS) is 10.6. The summed E-state index contributed by atoms with van der Waals surface area (Å²) in [6.45, 7) is 1.15. The van der Waals surface area contributed by atoms with E-state index < -0.39 is 0 Å². The molecule has 0 spiro atoms. The molecule has 0 aliphatic heterocycles. The molecular formula is C16H16ClN5O3. The molecule has 0 saturated carbocycles. The molecular weight excluding hydrogens is 345 g/mol. The smallest absolute Gasteiger partial charge is 0.273 e. The van der Waals surface area contributed by atoms with Gasteiger partial charge < -0.3 is 14.5 Å². The Kier molecular flexibility index (Phi) is 5.30. The second kappa shape index (κ2) is 7.80. The van der Waals surface area contributed by atoms with E-state index in [0.29, 0.717) is 35.2 Å². The number of amides is 1. The van der Waals surface area contributed by atoms with Crippen molar-refractivity contribution in [3.05, 3.63) is 48.0 Å². The minimum absolute atomic E-state index is 0.210. The fraction of sp³-hybridized carbons (Fsp3) is 0.250. The lowest BCUT2D eigenvalue weighted by atomic mass is 9.91. The molecule has 1 N–H and O–H groups in total. The monoisotopic (exact) mass is 360 g/mol. The molecule has 130 valence electrons. The van der Waals surface area contributed by atoms with E-state index in [1.807, 2.05) is 0 Å². The lowest BCUT2D eigenvalue weighted by Crippen LogP contribution is -2.26. The molecule has 0 radical (unpaired) electrons. The van der Waals surface area contributed by atoms with Gasteiger partial charge in [0.15, 0.2) is 17.8 Å². The molecule has 0 aliphatic carbocycles. The topological polar surface area (TPSA) is 95.1 Å². The number of benzene rings is 1. The van der Waals surface area contributed by atoms with Crippen LogP contribution in [-0.2, 0) is 6.54 Å². The number of hydrogen-bond acceptors (Lipinski definition) is 6. The third-order valence-corrected chi connectivity index (χ3v) is 3.81. The van der Waals surface area contributed by atoms with Crippen LogP contribution in [0.2, 0.25) is 5.02 Å². The maximum Gasteiger partial charge on any atom is 0.273 e. The van der Waals surface area contributed by atoms with Crippen LogP contribution >= 0.6 is 11.6 Å². The summed E-state index contributed by atoms with van der Waals surface area (Å²) in [6.07, 6.45) is 5.06. The summed E-state index contributed by atoms with van der Waals surface area (Å²) in [5.74, 6) is 0.594. The molecule has 1 aromatic carbocycles. The van der Waals surface area contributed by atoms with Crippen LogP contribution in [0.25, 0.3) is 11.3 Å². The summed E-state index contributed by atoms with van der Waals surface area (Å²) >= 11 is 6.13. The fourth-order valence-corrected chi connectivity index (χ4v) is 2.55. The van der Waals surface area contributed by atoms with Crippen molar-refractivity contribution >= 4 is 17.5 Å². The first-order valence-electron chi connectivity index (χ1n) is 7.57. The van der Waals surface area contributed by atoms with Crippen molar-refractivity contribution in [2.75, 3.05) is 13.7 Å². The standard InChI is InChI=1S/C16H16ClN5O3/c1-24-13-4-3-11(7-12(13)17)15-14(20-10-25-15)16(23)19-5-2-6-22-9-18-8-21-22/h3-4,7-10H,2,5-6H2,1H3,(H,19,23)/i16-1. The molecule has 0 bridgehead atoms. The minimum atomic E-state index is -0.311. The number of oxazole rings is 1. The molecule has 1 amide bonds. The van der Waals surface area contributed by atoms with E-state index in [1.165, 1.54) is 19.8 Å². The number of nitrogens with one attached hydrogen (secondary N) is 1. The van der Waals surface area contributed by atoms with Gasteiger partial charge in [0.2, 0.25) is 0 Å². The third kappa shape index (κ3) is 3.97. The van der Waals surface area contributed by atoms with Crippen molar-refractivity contribution in [1.82, 2.24) is 25.1 Å². The van der Waals surface area contributed by atoms with E-state index in [4.69, 9.17) is 20.8 Å². The number of aromatic nitrogens is 4. The van der Waals surface area contributed by atoms with Crippen molar-refractivity contribution < 1.29 is 13.9 Å². The summed E-state index contributed by atoms with van der Waals surface area (Å²) in [5, 5.41) is 7.24. The van der Waals surface area contributed by atoms with Gasteiger partial charge >= 0.3 is 0 Å². The number of ether oxygens (including phenoxy) is 1. The van der Waals surface area contributed by atoms with E-state index in [1.54, 1.807) is 29.2 Å². The van der Waals surface area contributed by atoms with Gasteiger partial charge in [0, 0.05) is 18.7 Å². The molecule has 9 heteroatoms. The Morgan fingerprint density at radius 1 is 1.44 bits per heavy atom. The molecule has 3 rings (SSSR count). The number of halogens is 1. The summed E-state index contributed by atoms with van der Waals surface area (Å²) < 4.78 is 12.2. The van der Waals surface area contributed by atoms with E-state index in [9.17, 15) is 4.79 Å². The number of aryl methyl sites for hydroxylation is 1. The van der Waals surface area contributed by atoms with Crippen LogP contribution in [0.1, 0.15) is 16.9 Å². The molecule has 0 unspecified atom stereocenters. The quantitative estimate of drug-likeness (QED) is 0.650. The molecule has 0 atom stereocenters. The zero-order valence-corrected chi connectivity index (χ0v) is 14.2. The maximum atomic E-state index is 12.3. The van der Waals surface area contributed by atoms with Gasteiger partial charge in [-0.2, -0.15) is 5.10 Å². The Morgan fingerprint density at radius 3 is 3.04 bits per heavy atom. The average Bonchev–Trinajstić information content (AvgIpc) is 3.30. The first-order chi connectivity index (χ1) is 12.2. The van der Waals surface area contributed by atoms with Crippen LogP contribution in [0.4, 0.5) is 0 Å². The predicted octanol–water partition coefficient (Wildman–Crippen LogP) is 2.42. The number of nitrogens with zero attached hydrogens (tertiary/aromatic N) is 4. The molecule has 2 heterocycles. The highest BCUT2D eigenvalue weighted by Crippen LogP contribution is 2.31. The Hall–Kier alpha value is -2.87. The predicted molar refractivity (Wildman–Crippen MR) is 90.5 cm³/mol. The SMILES string of the molecule is COc1ccc(-c2ocnc2[11C](=O)NCCCn2cncn2)cc1Cl. The van der Waals surface area contributed by atoms with Crippen molar-refractivity contribution in [3.63, 3.8) is 0 Å². The van der Waals surface area contributed by atoms with E-state index in [0.717, 1.165) is 6.42 Å². The van der Waals surface area contributed by atoms with Gasteiger partial charge in [-0.1, -0.05) is 11.6 Å². The highest BCUT2D eigenvalue weighted by molar-refractivity contribution is 6.32. The van der Waals surface area contributed by atoms with Crippen LogP contribution in [0.5, 0.6) is 5.75 Å². The Morgan fingerprint density at radius 2 is 2.32 bits per heavy atom. The second-order valence-corrected chi connectivity index (χ2v) is 5.55. The maximum absolute atomic E-state index is 12.3. The highest BCUT2D eigenvalue weighted by Gasteiger charge is 2.18. The molecule has 25 heavy (non-hydrogen) atoms. The van der Waals surface area contributed by atoms with Crippen molar-refractivity contribution in [2.45, 2.75) is 13.0 Å². The van der Waals surface area contributed by atoms with Gasteiger partial charge in [-0.25, -0.2) is 9.97 Å². The van der Waals surface area contributed by atoms with Crippen LogP contribution < -0.4 is 10.1 Å². The van der Waals surface area contributed by atoms with Gasteiger partial charge in [-0.05, 0) is 24.6 Å². The van der Waals surface area contributed by atoms with Gasteiger partial charge in [-0.15, -0.1) is 0 Å². The van der Waals surface area contributed by atoms with Crippen LogP contribution in [-0.4, -0.2) is 39.3 Å².